The van der Waals surface area contributed by atoms with Gasteiger partial charge in [0.05, 0.1) is 27.7 Å². The van der Waals surface area contributed by atoms with Crippen molar-refractivity contribution in [3.63, 3.8) is 0 Å². The summed E-state index contributed by atoms with van der Waals surface area (Å²) >= 11 is 0. The van der Waals surface area contributed by atoms with Crippen LogP contribution in [0.4, 0.5) is 0 Å². The van der Waals surface area contributed by atoms with Gasteiger partial charge >= 0.3 is 19.8 Å². The van der Waals surface area contributed by atoms with Gasteiger partial charge in [0, 0.05) is 12.8 Å². The number of unbranched alkanes of at least 4 members (excludes halogenated alkanes) is 47. The Morgan fingerprint density at radius 1 is 0.352 bits per heavy atom. The number of carbonyl (C=O) groups excluding carboxylic acids is 2. The van der Waals surface area contributed by atoms with Crippen LogP contribution in [0.2, 0.25) is 0 Å². The van der Waals surface area contributed by atoms with Crippen molar-refractivity contribution in [2.24, 2.45) is 0 Å². The second kappa shape index (κ2) is 69.1. The fourth-order valence-corrected chi connectivity index (χ4v) is 11.9. The summed E-state index contributed by atoms with van der Waals surface area (Å²) in [5.74, 6) is -0.782. The van der Waals surface area contributed by atoms with Gasteiger partial charge in [0.25, 0.3) is 0 Å². The van der Waals surface area contributed by atoms with Gasteiger partial charge in [0.15, 0.2) is 6.10 Å². The Morgan fingerprint density at radius 2 is 0.614 bits per heavy atom. The molecule has 0 aromatic heterocycles. The molecule has 1 N–H and O–H groups in total. The standard InChI is InChI=1S/C78H146NO8P/c1-6-8-10-12-14-16-18-20-22-24-26-28-30-32-34-35-36-37-38-39-40-41-42-43-45-46-48-50-52-54-56-58-60-62-64-66-68-70-77(80)84-74-76(75-86-88(82,83)85-73-72-79(3,4)5)87-78(81)71-69-67-65-63-61-59-57-55-53-51-49-47-44-33-31-29-27-25-23-21-19-17-15-13-11-9-7-2/h18-21,24-27,31,33,76H,6-17,22-23,28-30,32,34-75H2,1-5H3/p+1/b20-18-,21-19-,26-24-,27-25-,33-31-. The summed E-state index contributed by atoms with van der Waals surface area (Å²) < 4.78 is 34.8. The number of ether oxygens (including phenoxy) is 2. The van der Waals surface area contributed by atoms with E-state index in [0.29, 0.717) is 23.9 Å². The molecule has 0 radical (unpaired) electrons. The van der Waals surface area contributed by atoms with Gasteiger partial charge < -0.3 is 18.9 Å². The highest BCUT2D eigenvalue weighted by molar-refractivity contribution is 7.47. The van der Waals surface area contributed by atoms with E-state index in [1.54, 1.807) is 0 Å². The molecule has 0 aliphatic rings. The normalized spacial score (nSPS) is 13.4. The van der Waals surface area contributed by atoms with Gasteiger partial charge in [-0.25, -0.2) is 4.57 Å². The van der Waals surface area contributed by atoms with Crippen LogP contribution in [0.3, 0.4) is 0 Å². The molecule has 0 rings (SSSR count). The van der Waals surface area contributed by atoms with E-state index >= 15 is 0 Å². The molecular formula is C78H147NO8P+. The number of nitrogens with zero attached hydrogens (tertiary/aromatic N) is 1. The Balaban J connectivity index is 3.94. The SMILES string of the molecule is CCCCCCC/C=C\C/C=C\C/C=C\CCCCCCCCCCCCCCC(=O)OC(COC(=O)CCCCCCCCCCCCCCCCCCCCCCCCCCC/C=C\C/C=C\CCCCCCC)COP(=O)(O)OCC[N+](C)(C)C. The van der Waals surface area contributed by atoms with Gasteiger partial charge in [-0.3, -0.25) is 18.6 Å². The van der Waals surface area contributed by atoms with Crippen LogP contribution in [-0.4, -0.2) is 74.9 Å². The summed E-state index contributed by atoms with van der Waals surface area (Å²) in [7, 11) is 1.49. The lowest BCUT2D eigenvalue weighted by atomic mass is 10.0. The van der Waals surface area contributed by atoms with Crippen molar-refractivity contribution >= 4 is 19.8 Å². The molecule has 10 heteroatoms. The summed E-state index contributed by atoms with van der Waals surface area (Å²) in [5, 5.41) is 0. The molecule has 0 saturated heterocycles. The minimum absolute atomic E-state index is 0.0321. The molecule has 0 bridgehead atoms. The number of hydrogen-bond acceptors (Lipinski definition) is 7. The lowest BCUT2D eigenvalue weighted by Gasteiger charge is -2.24. The van der Waals surface area contributed by atoms with E-state index in [2.05, 4.69) is 74.6 Å². The molecule has 0 fully saturated rings. The van der Waals surface area contributed by atoms with Crippen molar-refractivity contribution in [2.75, 3.05) is 47.5 Å². The molecule has 88 heavy (non-hydrogen) atoms. The minimum Gasteiger partial charge on any atom is -0.462 e. The highest BCUT2D eigenvalue weighted by Gasteiger charge is 2.27. The topological polar surface area (TPSA) is 108 Å². The zero-order valence-electron chi connectivity index (χ0n) is 59.0. The molecule has 0 spiro atoms. The molecule has 0 aromatic rings. The predicted octanol–water partition coefficient (Wildman–Crippen LogP) is 24.9. The van der Waals surface area contributed by atoms with E-state index in [0.717, 1.165) is 57.8 Å². The van der Waals surface area contributed by atoms with Crippen LogP contribution in [0.1, 0.15) is 373 Å². The molecule has 2 atom stereocenters. The highest BCUT2D eigenvalue weighted by Crippen LogP contribution is 2.43. The smallest absolute Gasteiger partial charge is 0.462 e. The molecule has 9 nitrogen and oxygen atoms in total. The summed E-state index contributed by atoms with van der Waals surface area (Å²) in [6, 6.07) is 0. The molecule has 2 unspecified atom stereocenters. The molecule has 0 aromatic carbocycles. The van der Waals surface area contributed by atoms with Crippen LogP contribution in [0.5, 0.6) is 0 Å². The number of carbonyl (C=O) groups is 2. The maximum absolute atomic E-state index is 12.9. The van der Waals surface area contributed by atoms with Crippen molar-refractivity contribution in [2.45, 2.75) is 380 Å². The van der Waals surface area contributed by atoms with Crippen LogP contribution in [0, 0.1) is 0 Å². The van der Waals surface area contributed by atoms with E-state index < -0.39 is 26.5 Å². The maximum Gasteiger partial charge on any atom is 0.472 e. The van der Waals surface area contributed by atoms with Crippen molar-refractivity contribution in [1.29, 1.82) is 0 Å². The Morgan fingerprint density at radius 3 is 0.909 bits per heavy atom. The highest BCUT2D eigenvalue weighted by atomic mass is 31.2. The minimum atomic E-state index is -4.39. The van der Waals surface area contributed by atoms with Gasteiger partial charge in [-0.1, -0.05) is 338 Å². The molecule has 0 amide bonds. The average molecular weight is 1260 g/mol. The van der Waals surface area contributed by atoms with Crippen LogP contribution in [0.15, 0.2) is 60.8 Å². The Bertz CT molecular complexity index is 1670. The second-order valence-electron chi connectivity index (χ2n) is 27.0. The van der Waals surface area contributed by atoms with Gasteiger partial charge in [-0.05, 0) is 83.5 Å². The van der Waals surface area contributed by atoms with Crippen LogP contribution < -0.4 is 0 Å². The first kappa shape index (κ1) is 85.7. The summed E-state index contributed by atoms with van der Waals surface area (Å²) in [4.78, 5) is 35.9. The number of phosphoric acid groups is 1. The van der Waals surface area contributed by atoms with Gasteiger partial charge in [-0.2, -0.15) is 0 Å². The van der Waals surface area contributed by atoms with E-state index in [9.17, 15) is 19.0 Å². The van der Waals surface area contributed by atoms with Gasteiger partial charge in [0.1, 0.15) is 19.8 Å². The quantitative estimate of drug-likeness (QED) is 0.0211. The molecular weight excluding hydrogens is 1110 g/mol. The van der Waals surface area contributed by atoms with Crippen molar-refractivity contribution < 1.29 is 42.1 Å². The largest absolute Gasteiger partial charge is 0.472 e. The van der Waals surface area contributed by atoms with E-state index in [1.165, 1.54) is 283 Å². The third-order valence-electron chi connectivity index (χ3n) is 17.0. The zero-order valence-corrected chi connectivity index (χ0v) is 59.9. The molecule has 0 heterocycles. The Hall–Kier alpha value is -2.29. The second-order valence-corrected chi connectivity index (χ2v) is 28.5. The van der Waals surface area contributed by atoms with Crippen molar-refractivity contribution in [1.82, 2.24) is 0 Å². The number of esters is 2. The fourth-order valence-electron chi connectivity index (χ4n) is 11.2. The monoisotopic (exact) mass is 1260 g/mol. The van der Waals surface area contributed by atoms with Crippen LogP contribution >= 0.6 is 7.82 Å². The summed E-state index contributed by atoms with van der Waals surface area (Å²) in [6.07, 6.45) is 92.1. The van der Waals surface area contributed by atoms with E-state index in [4.69, 9.17) is 18.5 Å². The number of quaternary nitrogens is 1. The molecule has 516 valence electrons. The average Bonchev–Trinajstić information content (AvgIpc) is 3.60. The molecule has 0 aliphatic carbocycles. The van der Waals surface area contributed by atoms with Gasteiger partial charge in [0.2, 0.25) is 0 Å². The summed E-state index contributed by atoms with van der Waals surface area (Å²) in [5.41, 5.74) is 0. The lowest BCUT2D eigenvalue weighted by molar-refractivity contribution is -0.870. The molecule has 0 aliphatic heterocycles. The summed E-state index contributed by atoms with van der Waals surface area (Å²) in [6.45, 7) is 4.47. The number of likely N-dealkylation sites (N-methyl/N-ethyl adjacent to an activating group) is 1. The Labute approximate surface area is 546 Å². The zero-order chi connectivity index (χ0) is 64.1. The van der Waals surface area contributed by atoms with Gasteiger partial charge in [-0.15, -0.1) is 0 Å². The first-order valence-electron chi connectivity index (χ1n) is 38.0. The number of hydrogen-bond donors (Lipinski definition) is 1. The van der Waals surface area contributed by atoms with E-state index in [1.807, 2.05) is 21.1 Å². The number of rotatable bonds is 71. The van der Waals surface area contributed by atoms with E-state index in [-0.39, 0.29) is 25.6 Å². The Kier molecular flexibility index (Phi) is 67.3. The number of phosphoric ester groups is 1. The third kappa shape index (κ3) is 72.8. The van der Waals surface area contributed by atoms with Crippen LogP contribution in [0.25, 0.3) is 0 Å². The van der Waals surface area contributed by atoms with Crippen molar-refractivity contribution in [3.05, 3.63) is 60.8 Å². The van der Waals surface area contributed by atoms with Crippen molar-refractivity contribution in [3.8, 4) is 0 Å². The maximum atomic E-state index is 12.9. The first-order chi connectivity index (χ1) is 43.0. The third-order valence-corrected chi connectivity index (χ3v) is 18.0. The predicted molar refractivity (Wildman–Crippen MR) is 381 cm³/mol. The van der Waals surface area contributed by atoms with Crippen LogP contribution in [-0.2, 0) is 32.7 Å². The fraction of sp³-hybridized carbons (Fsp3) is 0.846. The first-order valence-corrected chi connectivity index (χ1v) is 39.5. The lowest BCUT2D eigenvalue weighted by Crippen LogP contribution is -2.37. The molecule has 0 saturated carbocycles. The number of allylic oxidation sites excluding steroid dienone is 10.